The molecular formula is C14H12N4O4. The highest BCUT2D eigenvalue weighted by Gasteiger charge is 2.30. The summed E-state index contributed by atoms with van der Waals surface area (Å²) in [5.74, 6) is -0.998. The van der Waals surface area contributed by atoms with Crippen LogP contribution in [0.25, 0.3) is 11.5 Å². The second-order valence-electron chi connectivity index (χ2n) is 4.70. The van der Waals surface area contributed by atoms with E-state index in [9.17, 15) is 14.4 Å². The van der Waals surface area contributed by atoms with Crippen molar-refractivity contribution < 1.29 is 18.8 Å². The molecule has 0 saturated carbocycles. The van der Waals surface area contributed by atoms with Gasteiger partial charge in [-0.1, -0.05) is 23.3 Å². The summed E-state index contributed by atoms with van der Waals surface area (Å²) in [6, 6.07) is 9.00. The normalized spacial score (nSPS) is 14.5. The van der Waals surface area contributed by atoms with Crippen molar-refractivity contribution in [1.29, 1.82) is 0 Å². The molecule has 0 aliphatic carbocycles. The summed E-state index contributed by atoms with van der Waals surface area (Å²) in [5.41, 5.74) is 0.723. The number of carbonyl (C=O) groups excluding carboxylic acids is 3. The zero-order valence-electron chi connectivity index (χ0n) is 11.5. The minimum absolute atomic E-state index is 0.0806. The molecule has 1 aromatic heterocycles. The number of rotatable bonds is 4. The Morgan fingerprint density at radius 2 is 1.82 bits per heavy atom. The first-order valence-corrected chi connectivity index (χ1v) is 6.65. The van der Waals surface area contributed by atoms with E-state index in [1.807, 2.05) is 18.2 Å². The standard InChI is InChI=1S/C14H12N4O4/c19-10(8-18-11(20)6-7-12(18)21)15-14-17-16-13(22-14)9-4-2-1-3-5-9/h1-5H,6-8H2,(H,15,17,19). The number of hydrogen-bond acceptors (Lipinski definition) is 6. The van der Waals surface area contributed by atoms with Crippen LogP contribution in [0, 0.1) is 0 Å². The second kappa shape index (κ2) is 5.76. The first-order valence-electron chi connectivity index (χ1n) is 6.65. The topological polar surface area (TPSA) is 105 Å². The van der Waals surface area contributed by atoms with Crippen LogP contribution in [0.1, 0.15) is 12.8 Å². The Hall–Kier alpha value is -3.03. The largest absolute Gasteiger partial charge is 0.403 e. The van der Waals surface area contributed by atoms with Gasteiger partial charge in [0.05, 0.1) is 0 Å². The van der Waals surface area contributed by atoms with Gasteiger partial charge in [0, 0.05) is 18.4 Å². The van der Waals surface area contributed by atoms with Crippen LogP contribution in [0.2, 0.25) is 0 Å². The van der Waals surface area contributed by atoms with Crippen molar-refractivity contribution in [2.24, 2.45) is 0 Å². The molecule has 0 bridgehead atoms. The molecule has 8 nitrogen and oxygen atoms in total. The monoisotopic (exact) mass is 300 g/mol. The molecule has 1 fully saturated rings. The molecule has 1 aliphatic heterocycles. The molecule has 1 saturated heterocycles. The number of nitrogens with zero attached hydrogens (tertiary/aromatic N) is 3. The van der Waals surface area contributed by atoms with Crippen LogP contribution < -0.4 is 5.32 Å². The highest BCUT2D eigenvalue weighted by Crippen LogP contribution is 2.19. The van der Waals surface area contributed by atoms with Gasteiger partial charge in [-0.25, -0.2) is 0 Å². The first-order chi connectivity index (χ1) is 10.6. The van der Waals surface area contributed by atoms with E-state index in [1.54, 1.807) is 12.1 Å². The molecule has 1 aromatic carbocycles. The third-order valence-corrected chi connectivity index (χ3v) is 3.15. The lowest BCUT2D eigenvalue weighted by Gasteiger charge is -2.11. The second-order valence-corrected chi connectivity index (χ2v) is 4.70. The van der Waals surface area contributed by atoms with Crippen LogP contribution in [-0.2, 0) is 14.4 Å². The third kappa shape index (κ3) is 2.85. The molecule has 2 heterocycles. The molecular weight excluding hydrogens is 288 g/mol. The van der Waals surface area contributed by atoms with Gasteiger partial charge in [0.25, 0.3) is 0 Å². The van der Waals surface area contributed by atoms with Crippen LogP contribution in [-0.4, -0.2) is 39.4 Å². The van der Waals surface area contributed by atoms with E-state index >= 15 is 0 Å². The molecule has 112 valence electrons. The molecule has 3 amide bonds. The maximum absolute atomic E-state index is 11.8. The molecule has 1 N–H and O–H groups in total. The molecule has 0 radical (unpaired) electrons. The van der Waals surface area contributed by atoms with Crippen molar-refractivity contribution >= 4 is 23.7 Å². The van der Waals surface area contributed by atoms with Crippen LogP contribution in [0.5, 0.6) is 0 Å². The van der Waals surface area contributed by atoms with Crippen molar-refractivity contribution in [3.05, 3.63) is 30.3 Å². The van der Waals surface area contributed by atoms with Crippen molar-refractivity contribution in [2.45, 2.75) is 12.8 Å². The van der Waals surface area contributed by atoms with E-state index in [-0.39, 0.29) is 43.1 Å². The lowest BCUT2D eigenvalue weighted by atomic mass is 10.2. The summed E-state index contributed by atoms with van der Waals surface area (Å²) in [5, 5.41) is 9.91. The fourth-order valence-corrected chi connectivity index (χ4v) is 2.07. The Balaban J connectivity index is 1.64. The van der Waals surface area contributed by atoms with E-state index < -0.39 is 5.91 Å². The van der Waals surface area contributed by atoms with Gasteiger partial charge in [0.15, 0.2) is 0 Å². The minimum atomic E-state index is -0.563. The van der Waals surface area contributed by atoms with Crippen LogP contribution in [0.4, 0.5) is 6.01 Å². The average Bonchev–Trinajstić information content (AvgIpc) is 3.10. The number of hydrogen-bond donors (Lipinski definition) is 1. The Morgan fingerprint density at radius 1 is 1.14 bits per heavy atom. The SMILES string of the molecule is O=C(CN1C(=O)CCC1=O)Nc1nnc(-c2ccccc2)o1. The van der Waals surface area contributed by atoms with Crippen LogP contribution in [0.15, 0.2) is 34.7 Å². The summed E-state index contributed by atoms with van der Waals surface area (Å²) in [6.07, 6.45) is 0.287. The Bertz CT molecular complexity index is 709. The number of nitrogens with one attached hydrogen (secondary N) is 1. The Kier molecular flexibility index (Phi) is 3.65. The van der Waals surface area contributed by atoms with E-state index in [0.717, 1.165) is 10.5 Å². The van der Waals surface area contributed by atoms with Gasteiger partial charge in [-0.2, -0.15) is 0 Å². The summed E-state index contributed by atoms with van der Waals surface area (Å²) >= 11 is 0. The number of aromatic nitrogens is 2. The zero-order valence-corrected chi connectivity index (χ0v) is 11.5. The quantitative estimate of drug-likeness (QED) is 0.838. The van der Waals surface area contributed by atoms with Crippen molar-refractivity contribution in [3.63, 3.8) is 0 Å². The lowest BCUT2D eigenvalue weighted by molar-refractivity contribution is -0.141. The smallest absolute Gasteiger partial charge is 0.322 e. The molecule has 0 unspecified atom stereocenters. The van der Waals surface area contributed by atoms with E-state index in [2.05, 4.69) is 15.5 Å². The molecule has 0 atom stereocenters. The third-order valence-electron chi connectivity index (χ3n) is 3.15. The maximum Gasteiger partial charge on any atom is 0.322 e. The van der Waals surface area contributed by atoms with Crippen molar-refractivity contribution in [1.82, 2.24) is 15.1 Å². The fraction of sp³-hybridized carbons (Fsp3) is 0.214. The molecule has 22 heavy (non-hydrogen) atoms. The van der Waals surface area contributed by atoms with Crippen LogP contribution >= 0.6 is 0 Å². The number of anilines is 1. The van der Waals surface area contributed by atoms with Crippen molar-refractivity contribution in [2.75, 3.05) is 11.9 Å². The van der Waals surface area contributed by atoms with Gasteiger partial charge in [-0.3, -0.25) is 24.6 Å². The first kappa shape index (κ1) is 13.9. The summed E-state index contributed by atoms with van der Waals surface area (Å²) < 4.78 is 5.32. The number of benzene rings is 1. The highest BCUT2D eigenvalue weighted by molar-refractivity contribution is 6.05. The number of carbonyl (C=O) groups is 3. The number of amides is 3. The summed E-state index contributed by atoms with van der Waals surface area (Å²) in [6.45, 7) is -0.347. The van der Waals surface area contributed by atoms with Gasteiger partial charge in [0.1, 0.15) is 6.54 Å². The van der Waals surface area contributed by atoms with Gasteiger partial charge >= 0.3 is 6.01 Å². The predicted molar refractivity (Wildman–Crippen MR) is 74.3 cm³/mol. The van der Waals surface area contributed by atoms with Gasteiger partial charge in [-0.05, 0) is 12.1 Å². The number of imide groups is 1. The minimum Gasteiger partial charge on any atom is -0.403 e. The fourth-order valence-electron chi connectivity index (χ4n) is 2.07. The van der Waals surface area contributed by atoms with Gasteiger partial charge < -0.3 is 4.42 Å². The molecule has 2 aromatic rings. The highest BCUT2D eigenvalue weighted by atomic mass is 16.4. The zero-order chi connectivity index (χ0) is 15.5. The average molecular weight is 300 g/mol. The van der Waals surface area contributed by atoms with E-state index in [4.69, 9.17) is 4.42 Å². The summed E-state index contributed by atoms with van der Waals surface area (Å²) in [7, 11) is 0. The summed E-state index contributed by atoms with van der Waals surface area (Å²) in [4.78, 5) is 35.6. The number of likely N-dealkylation sites (tertiary alicyclic amines) is 1. The Labute approximate surface area is 125 Å². The molecule has 8 heteroatoms. The van der Waals surface area contributed by atoms with Gasteiger partial charge in [-0.15, -0.1) is 5.10 Å². The van der Waals surface area contributed by atoms with E-state index in [0.29, 0.717) is 0 Å². The molecule has 0 spiro atoms. The lowest BCUT2D eigenvalue weighted by Crippen LogP contribution is -2.36. The predicted octanol–water partition coefficient (Wildman–Crippen LogP) is 0.824. The van der Waals surface area contributed by atoms with Crippen LogP contribution in [0.3, 0.4) is 0 Å². The Morgan fingerprint density at radius 3 is 2.50 bits per heavy atom. The maximum atomic E-state index is 11.8. The molecule has 3 rings (SSSR count). The van der Waals surface area contributed by atoms with E-state index in [1.165, 1.54) is 0 Å². The van der Waals surface area contributed by atoms with Crippen molar-refractivity contribution in [3.8, 4) is 11.5 Å². The van der Waals surface area contributed by atoms with Gasteiger partial charge in [0.2, 0.25) is 23.6 Å². The molecule has 1 aliphatic rings.